The number of thiophene rings is 2. The smallest absolute Gasteiger partial charge is 0.296 e. The Balaban J connectivity index is 1.33. The molecule has 0 aromatic carbocycles. The summed E-state index contributed by atoms with van der Waals surface area (Å²) in [6.07, 6.45) is 2.65. The predicted octanol–water partition coefficient (Wildman–Crippen LogP) is 3.29. The third-order valence-corrected chi connectivity index (χ3v) is 7.67. The van der Waals surface area contributed by atoms with Crippen LogP contribution in [-0.2, 0) is 9.59 Å². The molecule has 2 atom stereocenters. The number of Topliss-reactive ketones (excluding diaryl/α,β-unsaturated/α-hetero) is 2. The van der Waals surface area contributed by atoms with Crippen LogP contribution in [0.4, 0.5) is 0 Å². The van der Waals surface area contributed by atoms with Gasteiger partial charge in [-0.3, -0.25) is 19.2 Å². The molecule has 2 aliphatic heterocycles. The fourth-order valence-corrected chi connectivity index (χ4v) is 5.65. The maximum Gasteiger partial charge on any atom is 0.296 e. The number of hydrogen-bond acceptors (Lipinski definition) is 9. The van der Waals surface area contributed by atoms with Crippen LogP contribution in [0.2, 0.25) is 0 Å². The lowest BCUT2D eigenvalue weighted by Crippen LogP contribution is -2.36. The molecule has 3 aromatic heterocycles. The van der Waals surface area contributed by atoms with Gasteiger partial charge in [-0.1, -0.05) is 12.1 Å². The molecule has 0 aliphatic carbocycles. The van der Waals surface area contributed by atoms with Gasteiger partial charge in [0.1, 0.15) is 12.1 Å². The molecule has 3 aromatic rings. The first-order valence-corrected chi connectivity index (χ1v) is 12.4. The molecule has 9 nitrogen and oxygen atoms in total. The van der Waals surface area contributed by atoms with Gasteiger partial charge in [-0.2, -0.15) is 0 Å². The first-order valence-electron chi connectivity index (χ1n) is 10.7. The van der Waals surface area contributed by atoms with Gasteiger partial charge >= 0.3 is 0 Å². The Morgan fingerprint density at radius 1 is 0.788 bits per heavy atom. The van der Waals surface area contributed by atoms with Gasteiger partial charge in [0.25, 0.3) is 23.4 Å². The number of aromatic nitrogens is 2. The van der Waals surface area contributed by atoms with E-state index < -0.39 is 35.5 Å². The molecule has 33 heavy (non-hydrogen) atoms. The number of likely N-dealkylation sites (tertiary alicyclic amines) is 2. The van der Waals surface area contributed by atoms with Gasteiger partial charge in [0, 0.05) is 13.1 Å². The lowest BCUT2D eigenvalue weighted by Gasteiger charge is -2.22. The molecule has 2 amide bonds. The third-order valence-electron chi connectivity index (χ3n) is 5.93. The molecular weight excluding hydrogens is 464 g/mol. The number of carbonyl (C=O) groups is 4. The highest BCUT2D eigenvalue weighted by molar-refractivity contribution is 7.13. The van der Waals surface area contributed by atoms with E-state index in [0.29, 0.717) is 35.7 Å². The van der Waals surface area contributed by atoms with Crippen LogP contribution in [0.15, 0.2) is 39.4 Å². The highest BCUT2D eigenvalue weighted by atomic mass is 32.1. The van der Waals surface area contributed by atoms with Crippen molar-refractivity contribution in [2.24, 2.45) is 0 Å². The Bertz CT molecular complexity index is 1100. The van der Waals surface area contributed by atoms with Crippen molar-refractivity contribution in [1.82, 2.24) is 20.0 Å². The highest BCUT2D eigenvalue weighted by Gasteiger charge is 2.40. The van der Waals surface area contributed by atoms with Gasteiger partial charge in [0.2, 0.25) is 11.8 Å². The molecule has 0 spiro atoms. The zero-order chi connectivity index (χ0) is 22.9. The van der Waals surface area contributed by atoms with Gasteiger partial charge in [-0.25, -0.2) is 0 Å². The van der Waals surface area contributed by atoms with Crippen LogP contribution in [0.3, 0.4) is 0 Å². The minimum Gasteiger partial charge on any atom is -0.421 e. The third kappa shape index (κ3) is 4.02. The molecule has 11 heteroatoms. The zero-order valence-electron chi connectivity index (χ0n) is 17.5. The topological polar surface area (TPSA) is 114 Å². The summed E-state index contributed by atoms with van der Waals surface area (Å²) in [6.45, 7) is 0.864. The average Bonchev–Trinajstić information content (AvgIpc) is 3.64. The summed E-state index contributed by atoms with van der Waals surface area (Å²) in [4.78, 5) is 54.5. The fourth-order valence-electron chi connectivity index (χ4n) is 4.34. The summed E-state index contributed by atoms with van der Waals surface area (Å²) in [5, 5.41) is 11.8. The van der Waals surface area contributed by atoms with Crippen LogP contribution >= 0.6 is 22.7 Å². The van der Waals surface area contributed by atoms with Crippen molar-refractivity contribution in [3.8, 4) is 0 Å². The van der Waals surface area contributed by atoms with Crippen LogP contribution in [0, 0.1) is 0 Å². The first-order chi connectivity index (χ1) is 16.0. The van der Waals surface area contributed by atoms with Gasteiger partial charge in [-0.15, -0.1) is 32.9 Å². The fraction of sp³-hybridized carbons (Fsp3) is 0.364. The summed E-state index contributed by atoms with van der Waals surface area (Å²) < 4.78 is 5.93. The number of nitrogens with zero attached hydrogens (tertiary/aromatic N) is 4. The molecule has 2 aliphatic rings. The molecule has 5 rings (SSSR count). The Kier molecular flexibility index (Phi) is 5.90. The van der Waals surface area contributed by atoms with Gasteiger partial charge < -0.3 is 14.2 Å². The second-order valence-electron chi connectivity index (χ2n) is 7.90. The molecule has 0 radical (unpaired) electrons. The van der Waals surface area contributed by atoms with E-state index in [2.05, 4.69) is 10.2 Å². The first kappa shape index (κ1) is 21.7. The minimum absolute atomic E-state index is 0.249. The quantitative estimate of drug-likeness (QED) is 0.390. The van der Waals surface area contributed by atoms with E-state index in [1.54, 1.807) is 35.0 Å². The van der Waals surface area contributed by atoms with Crippen molar-refractivity contribution >= 4 is 46.1 Å². The van der Waals surface area contributed by atoms with Crippen molar-refractivity contribution in [2.45, 2.75) is 37.8 Å². The average molecular weight is 485 g/mol. The van der Waals surface area contributed by atoms with Crippen LogP contribution in [0.5, 0.6) is 0 Å². The van der Waals surface area contributed by atoms with Crippen molar-refractivity contribution in [3.63, 3.8) is 0 Å². The maximum atomic E-state index is 12.8. The van der Waals surface area contributed by atoms with Crippen molar-refractivity contribution in [1.29, 1.82) is 0 Å². The SMILES string of the molecule is O=C(C(=O)N1CCCC1c1nnc(C2CCCN2C(=O)C(=O)c2cccs2)o1)c1cccs1. The second kappa shape index (κ2) is 8.99. The Hall–Kier alpha value is -3.18. The monoisotopic (exact) mass is 484 g/mol. The molecule has 0 N–H and O–H groups in total. The minimum atomic E-state index is -0.584. The molecule has 2 fully saturated rings. The highest BCUT2D eigenvalue weighted by Crippen LogP contribution is 2.36. The summed E-state index contributed by atoms with van der Waals surface area (Å²) in [6, 6.07) is 5.75. The summed E-state index contributed by atoms with van der Waals surface area (Å²) >= 11 is 2.46. The van der Waals surface area contributed by atoms with E-state index in [1.807, 2.05) is 0 Å². The van der Waals surface area contributed by atoms with Crippen LogP contribution in [0.1, 0.15) is 68.9 Å². The number of hydrogen-bond donors (Lipinski definition) is 0. The van der Waals surface area contributed by atoms with E-state index in [4.69, 9.17) is 4.42 Å². The molecule has 0 saturated carbocycles. The molecule has 5 heterocycles. The normalized spacial score (nSPS) is 20.4. The largest absolute Gasteiger partial charge is 0.421 e. The maximum absolute atomic E-state index is 12.8. The Morgan fingerprint density at radius 3 is 1.64 bits per heavy atom. The number of ketones is 2. The Labute approximate surface area is 197 Å². The van der Waals surface area contributed by atoms with E-state index in [9.17, 15) is 19.2 Å². The van der Waals surface area contributed by atoms with E-state index in [1.165, 1.54) is 32.5 Å². The van der Waals surface area contributed by atoms with E-state index in [-0.39, 0.29) is 11.8 Å². The molecular formula is C22H20N4O5S2. The van der Waals surface area contributed by atoms with Crippen molar-refractivity contribution in [2.75, 3.05) is 13.1 Å². The number of amides is 2. The summed E-state index contributed by atoms with van der Waals surface area (Å²) in [7, 11) is 0. The second-order valence-corrected chi connectivity index (χ2v) is 9.80. The lowest BCUT2D eigenvalue weighted by atomic mass is 10.2. The molecule has 2 saturated heterocycles. The van der Waals surface area contributed by atoms with Crippen LogP contribution in [-0.4, -0.2) is 56.5 Å². The van der Waals surface area contributed by atoms with Crippen LogP contribution in [0.25, 0.3) is 0 Å². The summed E-state index contributed by atoms with van der Waals surface area (Å²) in [5.74, 6) is -1.76. The number of rotatable bonds is 6. The molecule has 0 bridgehead atoms. The van der Waals surface area contributed by atoms with E-state index in [0.717, 1.165) is 12.8 Å². The predicted molar refractivity (Wildman–Crippen MR) is 119 cm³/mol. The van der Waals surface area contributed by atoms with Gasteiger partial charge in [-0.05, 0) is 48.6 Å². The van der Waals surface area contributed by atoms with Gasteiger partial charge in [0.05, 0.1) is 9.75 Å². The lowest BCUT2D eigenvalue weighted by molar-refractivity contribution is -0.128. The van der Waals surface area contributed by atoms with E-state index >= 15 is 0 Å². The van der Waals surface area contributed by atoms with Crippen molar-refractivity contribution in [3.05, 3.63) is 56.6 Å². The molecule has 2 unspecified atom stereocenters. The van der Waals surface area contributed by atoms with Gasteiger partial charge in [0.15, 0.2) is 0 Å². The standard InChI is InChI=1S/C22H20N4O5S2/c27-17(15-7-3-11-32-15)21(29)25-9-1-5-13(25)19-23-24-20(31-19)14-6-2-10-26(14)22(30)18(28)16-8-4-12-33-16/h3-4,7-8,11-14H,1-2,5-6,9-10H2. The number of carbonyl (C=O) groups excluding carboxylic acids is 4. The molecule has 170 valence electrons. The van der Waals surface area contributed by atoms with Crippen LogP contribution < -0.4 is 0 Å². The Morgan fingerprint density at radius 2 is 1.24 bits per heavy atom. The van der Waals surface area contributed by atoms with Crippen molar-refractivity contribution < 1.29 is 23.6 Å². The summed E-state index contributed by atoms with van der Waals surface area (Å²) in [5.41, 5.74) is 0. The zero-order valence-corrected chi connectivity index (χ0v) is 19.1.